The van der Waals surface area contributed by atoms with Gasteiger partial charge in [0.2, 0.25) is 5.91 Å². The van der Waals surface area contributed by atoms with Crippen LogP contribution in [-0.2, 0) is 11.3 Å². The third kappa shape index (κ3) is 6.09. The van der Waals surface area contributed by atoms with Gasteiger partial charge in [-0.25, -0.2) is 4.99 Å². The summed E-state index contributed by atoms with van der Waals surface area (Å²) in [6.07, 6.45) is 2.12. The highest BCUT2D eigenvalue weighted by atomic mass is 16.2. The molecule has 1 aromatic carbocycles. The Morgan fingerprint density at radius 2 is 1.89 bits per heavy atom. The Hall–Kier alpha value is -2.90. The van der Waals surface area contributed by atoms with Gasteiger partial charge in [-0.3, -0.25) is 9.36 Å². The number of rotatable bonds is 9. The number of hydrogen-bond donors (Lipinski definition) is 2. The van der Waals surface area contributed by atoms with Crippen molar-refractivity contribution in [2.75, 3.05) is 26.2 Å². The molecule has 0 aliphatic heterocycles. The summed E-state index contributed by atoms with van der Waals surface area (Å²) in [5, 5.41) is 14.6. The van der Waals surface area contributed by atoms with E-state index < -0.39 is 0 Å². The topological polar surface area (TPSA) is 87.4 Å². The quantitative estimate of drug-likeness (QED) is 0.516. The maximum Gasteiger partial charge on any atom is 0.224 e. The van der Waals surface area contributed by atoms with Gasteiger partial charge in [0.15, 0.2) is 11.8 Å². The van der Waals surface area contributed by atoms with E-state index in [2.05, 4.69) is 25.8 Å². The van der Waals surface area contributed by atoms with Crippen molar-refractivity contribution in [2.24, 2.45) is 4.99 Å². The zero-order valence-electron chi connectivity index (χ0n) is 16.4. The molecule has 0 radical (unpaired) electrons. The highest BCUT2D eigenvalue weighted by molar-refractivity contribution is 5.81. The van der Waals surface area contributed by atoms with Gasteiger partial charge in [0.1, 0.15) is 12.9 Å². The van der Waals surface area contributed by atoms with Gasteiger partial charge in [-0.05, 0) is 32.9 Å². The molecule has 1 heterocycles. The summed E-state index contributed by atoms with van der Waals surface area (Å²) in [5.41, 5.74) is 0.996. The molecule has 0 fully saturated rings. The van der Waals surface area contributed by atoms with Gasteiger partial charge in [0.05, 0.1) is 0 Å². The number of carbonyl (C=O) groups is 1. The molecular formula is C19H29N7O. The van der Waals surface area contributed by atoms with Crippen molar-refractivity contribution < 1.29 is 4.79 Å². The Morgan fingerprint density at radius 1 is 1.15 bits per heavy atom. The number of nitrogens with zero attached hydrogens (tertiary/aromatic N) is 5. The molecule has 1 amide bonds. The fourth-order valence-corrected chi connectivity index (χ4v) is 2.68. The summed E-state index contributed by atoms with van der Waals surface area (Å²) < 4.78 is 1.91. The fraction of sp³-hybridized carbons (Fsp3) is 0.474. The number of aromatic nitrogens is 3. The van der Waals surface area contributed by atoms with Crippen LogP contribution in [0.15, 0.2) is 41.7 Å². The number of carbonyl (C=O) groups excluding carboxylic acids is 1. The van der Waals surface area contributed by atoms with Gasteiger partial charge in [-0.15, -0.1) is 10.2 Å². The van der Waals surface area contributed by atoms with E-state index in [0.29, 0.717) is 25.5 Å². The van der Waals surface area contributed by atoms with Gasteiger partial charge < -0.3 is 15.5 Å². The van der Waals surface area contributed by atoms with Crippen molar-refractivity contribution in [2.45, 2.75) is 33.7 Å². The molecule has 2 rings (SSSR count). The van der Waals surface area contributed by atoms with E-state index in [1.807, 2.05) is 60.6 Å². The molecule has 2 aromatic rings. The Bertz CT molecular complexity index is 723. The first-order valence-corrected chi connectivity index (χ1v) is 9.43. The van der Waals surface area contributed by atoms with Crippen molar-refractivity contribution in [3.05, 3.63) is 42.5 Å². The molecule has 0 saturated heterocycles. The van der Waals surface area contributed by atoms with Crippen molar-refractivity contribution in [1.82, 2.24) is 30.3 Å². The van der Waals surface area contributed by atoms with E-state index in [9.17, 15) is 4.79 Å². The van der Waals surface area contributed by atoms with E-state index in [1.54, 1.807) is 6.33 Å². The third-order valence-corrected chi connectivity index (χ3v) is 4.12. The highest BCUT2D eigenvalue weighted by Gasteiger charge is 2.10. The minimum absolute atomic E-state index is 0.146. The molecule has 0 bridgehead atoms. The molecule has 146 valence electrons. The van der Waals surface area contributed by atoms with Crippen LogP contribution in [0.4, 0.5) is 0 Å². The van der Waals surface area contributed by atoms with Gasteiger partial charge in [0, 0.05) is 38.3 Å². The van der Waals surface area contributed by atoms with Crippen LogP contribution in [0.3, 0.4) is 0 Å². The van der Waals surface area contributed by atoms with Gasteiger partial charge in [-0.1, -0.05) is 18.2 Å². The smallest absolute Gasteiger partial charge is 0.224 e. The lowest BCUT2D eigenvalue weighted by Gasteiger charge is -2.19. The van der Waals surface area contributed by atoms with Crippen molar-refractivity contribution >= 4 is 11.9 Å². The summed E-state index contributed by atoms with van der Waals surface area (Å²) >= 11 is 0. The minimum atomic E-state index is 0.146. The van der Waals surface area contributed by atoms with Crippen LogP contribution in [0, 0.1) is 0 Å². The Morgan fingerprint density at radius 3 is 2.56 bits per heavy atom. The van der Waals surface area contributed by atoms with E-state index in [-0.39, 0.29) is 5.91 Å². The largest absolute Gasteiger partial charge is 0.357 e. The molecule has 2 N–H and O–H groups in total. The number of nitrogens with one attached hydrogen (secondary N) is 2. The fourth-order valence-electron chi connectivity index (χ4n) is 2.68. The van der Waals surface area contributed by atoms with Gasteiger partial charge in [0.25, 0.3) is 0 Å². The van der Waals surface area contributed by atoms with Crippen molar-refractivity contribution in [1.29, 1.82) is 0 Å². The monoisotopic (exact) mass is 371 g/mol. The second-order valence-electron chi connectivity index (χ2n) is 5.89. The number of benzene rings is 1. The number of para-hydroxylation sites is 1. The van der Waals surface area contributed by atoms with E-state index >= 15 is 0 Å². The van der Waals surface area contributed by atoms with Crippen molar-refractivity contribution in [3.8, 4) is 5.69 Å². The van der Waals surface area contributed by atoms with E-state index in [4.69, 9.17) is 0 Å². The summed E-state index contributed by atoms with van der Waals surface area (Å²) in [6.45, 7) is 9.11. The third-order valence-electron chi connectivity index (χ3n) is 4.12. The molecule has 0 unspecified atom stereocenters. The average Bonchev–Trinajstić information content (AvgIpc) is 3.16. The number of guanidine groups is 1. The van der Waals surface area contributed by atoms with Crippen LogP contribution >= 0.6 is 0 Å². The number of amides is 1. The number of hydrogen-bond acceptors (Lipinski definition) is 4. The minimum Gasteiger partial charge on any atom is -0.357 e. The van der Waals surface area contributed by atoms with Gasteiger partial charge >= 0.3 is 0 Å². The van der Waals surface area contributed by atoms with Crippen LogP contribution in [0.5, 0.6) is 0 Å². The summed E-state index contributed by atoms with van der Waals surface area (Å²) in [5.74, 6) is 1.55. The second-order valence-corrected chi connectivity index (χ2v) is 5.89. The summed E-state index contributed by atoms with van der Waals surface area (Å²) in [4.78, 5) is 18.5. The molecule has 0 saturated carbocycles. The van der Waals surface area contributed by atoms with Crippen LogP contribution < -0.4 is 10.6 Å². The SMILES string of the molecule is CCNC(=NCc1nncn1-c1ccccc1)NCCC(=O)N(CC)CC. The maximum atomic E-state index is 12.1. The first-order valence-electron chi connectivity index (χ1n) is 9.43. The Labute approximate surface area is 160 Å². The van der Waals surface area contributed by atoms with Crippen molar-refractivity contribution in [3.63, 3.8) is 0 Å². The van der Waals surface area contributed by atoms with Gasteiger partial charge in [-0.2, -0.15) is 0 Å². The van der Waals surface area contributed by atoms with Crippen LogP contribution in [-0.4, -0.2) is 57.7 Å². The molecule has 8 nitrogen and oxygen atoms in total. The highest BCUT2D eigenvalue weighted by Crippen LogP contribution is 2.09. The first kappa shape index (κ1) is 20.4. The predicted octanol–water partition coefficient (Wildman–Crippen LogP) is 1.58. The normalized spacial score (nSPS) is 11.3. The lowest BCUT2D eigenvalue weighted by molar-refractivity contribution is -0.130. The molecule has 0 spiro atoms. The zero-order chi connectivity index (χ0) is 19.5. The lowest BCUT2D eigenvalue weighted by Crippen LogP contribution is -2.40. The van der Waals surface area contributed by atoms with Crippen LogP contribution in [0.1, 0.15) is 33.0 Å². The summed E-state index contributed by atoms with van der Waals surface area (Å²) in [6, 6.07) is 9.91. The molecule has 8 heteroatoms. The lowest BCUT2D eigenvalue weighted by atomic mass is 10.3. The molecule has 0 aliphatic rings. The summed E-state index contributed by atoms with van der Waals surface area (Å²) in [7, 11) is 0. The Kier molecular flexibility index (Phi) is 8.28. The molecule has 0 atom stereocenters. The molecule has 0 aliphatic carbocycles. The van der Waals surface area contributed by atoms with Crippen LogP contribution in [0.25, 0.3) is 5.69 Å². The predicted molar refractivity (Wildman–Crippen MR) is 107 cm³/mol. The average molecular weight is 371 g/mol. The maximum absolute atomic E-state index is 12.1. The Balaban J connectivity index is 1.96. The molecular weight excluding hydrogens is 342 g/mol. The standard InChI is InChI=1S/C19H29N7O/c1-4-20-19(21-13-12-18(27)25(5-2)6-3)22-14-17-24-23-15-26(17)16-10-8-7-9-11-16/h7-11,15H,4-6,12-14H2,1-3H3,(H2,20,21,22). The second kappa shape index (κ2) is 10.9. The molecule has 27 heavy (non-hydrogen) atoms. The zero-order valence-corrected chi connectivity index (χ0v) is 16.4. The number of aliphatic imine (C=N–C) groups is 1. The van der Waals surface area contributed by atoms with Crippen LogP contribution in [0.2, 0.25) is 0 Å². The van der Waals surface area contributed by atoms with E-state index in [0.717, 1.165) is 31.1 Å². The van der Waals surface area contributed by atoms with E-state index in [1.165, 1.54) is 0 Å². The molecule has 1 aromatic heterocycles. The first-order chi connectivity index (χ1) is 13.2.